The Labute approximate surface area is 117 Å². The van der Waals surface area contributed by atoms with Crippen LogP contribution in [0.5, 0.6) is 5.75 Å². The largest absolute Gasteiger partial charge is 0.496 e. The van der Waals surface area contributed by atoms with E-state index in [1.165, 1.54) is 22.3 Å². The number of likely N-dealkylation sites (N-methyl/N-ethyl adjacent to an activating group) is 1. The summed E-state index contributed by atoms with van der Waals surface area (Å²) < 4.78 is 5.49. The monoisotopic (exact) mass is 264 g/mol. The van der Waals surface area contributed by atoms with Gasteiger partial charge >= 0.3 is 0 Å². The van der Waals surface area contributed by atoms with E-state index in [0.717, 1.165) is 12.3 Å². The Bertz CT molecular complexity index is 427. The van der Waals surface area contributed by atoms with Gasteiger partial charge in [0.2, 0.25) is 0 Å². The van der Waals surface area contributed by atoms with Crippen molar-refractivity contribution in [2.45, 2.75) is 46.7 Å². The molecule has 1 aromatic rings. The summed E-state index contributed by atoms with van der Waals surface area (Å²) in [6.07, 6.45) is 0. The highest BCUT2D eigenvalue weighted by atomic mass is 16.5. The van der Waals surface area contributed by atoms with E-state index in [0.29, 0.717) is 12.1 Å². The van der Waals surface area contributed by atoms with Gasteiger partial charge < -0.3 is 15.4 Å². The molecule has 0 radical (unpaired) electrons. The van der Waals surface area contributed by atoms with Crippen LogP contribution in [-0.2, 0) is 0 Å². The van der Waals surface area contributed by atoms with Crippen molar-refractivity contribution in [1.29, 1.82) is 0 Å². The highest BCUT2D eigenvalue weighted by Gasteiger charge is 2.17. The second-order valence-corrected chi connectivity index (χ2v) is 5.47. The fourth-order valence-electron chi connectivity index (χ4n) is 2.49. The Hall–Kier alpha value is -1.06. The number of aryl methyl sites for hydroxylation is 1. The molecule has 1 rings (SSSR count). The summed E-state index contributed by atoms with van der Waals surface area (Å²) in [6, 6.07) is 3.06. The lowest BCUT2D eigenvalue weighted by Crippen LogP contribution is -2.34. The van der Waals surface area contributed by atoms with E-state index < -0.39 is 0 Å². The number of hydrogen-bond acceptors (Lipinski definition) is 3. The molecule has 108 valence electrons. The van der Waals surface area contributed by atoms with Crippen molar-refractivity contribution in [3.8, 4) is 5.75 Å². The molecular weight excluding hydrogens is 236 g/mol. The van der Waals surface area contributed by atoms with Gasteiger partial charge in [-0.25, -0.2) is 0 Å². The van der Waals surface area contributed by atoms with Crippen LogP contribution in [0, 0.1) is 20.8 Å². The van der Waals surface area contributed by atoms with Gasteiger partial charge in [-0.3, -0.25) is 0 Å². The summed E-state index contributed by atoms with van der Waals surface area (Å²) in [5.41, 5.74) is 5.10. The normalized spacial score (nSPS) is 12.8. The molecule has 0 amide bonds. The lowest BCUT2D eigenvalue weighted by Gasteiger charge is -2.24. The van der Waals surface area contributed by atoms with E-state index in [1.54, 1.807) is 7.11 Å². The van der Waals surface area contributed by atoms with Crippen molar-refractivity contribution in [3.63, 3.8) is 0 Å². The predicted octanol–water partition coefficient (Wildman–Crippen LogP) is 2.88. The van der Waals surface area contributed by atoms with E-state index >= 15 is 0 Å². The van der Waals surface area contributed by atoms with Crippen molar-refractivity contribution in [1.82, 2.24) is 10.6 Å². The van der Waals surface area contributed by atoms with Crippen LogP contribution in [0.2, 0.25) is 0 Å². The summed E-state index contributed by atoms with van der Waals surface area (Å²) in [5, 5.41) is 6.90. The van der Waals surface area contributed by atoms with Gasteiger partial charge in [0, 0.05) is 18.6 Å². The smallest absolute Gasteiger partial charge is 0.124 e. The van der Waals surface area contributed by atoms with Crippen LogP contribution >= 0.6 is 0 Å². The van der Waals surface area contributed by atoms with Crippen molar-refractivity contribution < 1.29 is 4.74 Å². The molecule has 0 fully saturated rings. The van der Waals surface area contributed by atoms with Crippen molar-refractivity contribution >= 4 is 0 Å². The summed E-state index contributed by atoms with van der Waals surface area (Å²) in [7, 11) is 3.76. The Morgan fingerprint density at radius 2 is 1.79 bits per heavy atom. The SMILES string of the molecule is CNC(CNC(C)C)c1cc(C)c(OC)c(C)c1C. The number of methoxy groups -OCH3 is 1. The van der Waals surface area contributed by atoms with Crippen LogP contribution in [0.1, 0.15) is 42.1 Å². The molecule has 3 nitrogen and oxygen atoms in total. The van der Waals surface area contributed by atoms with Gasteiger partial charge in [-0.2, -0.15) is 0 Å². The molecule has 0 aliphatic rings. The summed E-state index contributed by atoms with van der Waals surface area (Å²) in [4.78, 5) is 0. The molecule has 0 aliphatic heterocycles. The Morgan fingerprint density at radius 1 is 1.16 bits per heavy atom. The maximum atomic E-state index is 5.49. The van der Waals surface area contributed by atoms with Crippen molar-refractivity contribution in [2.24, 2.45) is 0 Å². The topological polar surface area (TPSA) is 33.3 Å². The average molecular weight is 264 g/mol. The molecule has 0 saturated heterocycles. The van der Waals surface area contributed by atoms with Crippen LogP contribution in [0.3, 0.4) is 0 Å². The van der Waals surface area contributed by atoms with Gasteiger partial charge in [0.1, 0.15) is 5.75 Å². The molecular formula is C16H28N2O. The minimum absolute atomic E-state index is 0.325. The third-order valence-corrected chi connectivity index (χ3v) is 3.72. The van der Waals surface area contributed by atoms with Crippen molar-refractivity contribution in [2.75, 3.05) is 20.7 Å². The molecule has 19 heavy (non-hydrogen) atoms. The zero-order valence-electron chi connectivity index (χ0n) is 13.3. The maximum Gasteiger partial charge on any atom is 0.124 e. The van der Waals surface area contributed by atoms with Crippen LogP contribution in [0.4, 0.5) is 0 Å². The number of nitrogens with one attached hydrogen (secondary N) is 2. The second kappa shape index (κ2) is 6.92. The highest BCUT2D eigenvalue weighted by Crippen LogP contribution is 2.31. The van der Waals surface area contributed by atoms with Crippen LogP contribution < -0.4 is 15.4 Å². The number of hydrogen-bond donors (Lipinski definition) is 2. The molecule has 0 heterocycles. The fraction of sp³-hybridized carbons (Fsp3) is 0.625. The van der Waals surface area contributed by atoms with Crippen LogP contribution in [0.25, 0.3) is 0 Å². The van der Waals surface area contributed by atoms with Crippen LogP contribution in [-0.4, -0.2) is 26.7 Å². The minimum Gasteiger partial charge on any atom is -0.496 e. The summed E-state index contributed by atoms with van der Waals surface area (Å²) in [5.74, 6) is 1.01. The third-order valence-electron chi connectivity index (χ3n) is 3.72. The predicted molar refractivity (Wildman–Crippen MR) is 82.1 cm³/mol. The minimum atomic E-state index is 0.325. The molecule has 0 bridgehead atoms. The number of rotatable bonds is 6. The van der Waals surface area contributed by atoms with E-state index in [4.69, 9.17) is 4.74 Å². The molecule has 0 saturated carbocycles. The zero-order valence-corrected chi connectivity index (χ0v) is 13.3. The Morgan fingerprint density at radius 3 is 2.26 bits per heavy atom. The first-order valence-corrected chi connectivity index (χ1v) is 6.97. The van der Waals surface area contributed by atoms with Crippen LogP contribution in [0.15, 0.2) is 6.07 Å². The lowest BCUT2D eigenvalue weighted by molar-refractivity contribution is 0.407. The molecule has 0 spiro atoms. The highest BCUT2D eigenvalue weighted by molar-refractivity contribution is 5.50. The third kappa shape index (κ3) is 3.71. The van der Waals surface area contributed by atoms with Gasteiger partial charge in [0.15, 0.2) is 0 Å². The molecule has 2 N–H and O–H groups in total. The average Bonchev–Trinajstić information content (AvgIpc) is 2.36. The van der Waals surface area contributed by atoms with Gasteiger partial charge in [-0.1, -0.05) is 19.9 Å². The van der Waals surface area contributed by atoms with Gasteiger partial charge in [-0.15, -0.1) is 0 Å². The standard InChI is InChI=1S/C16H28N2O/c1-10(2)18-9-15(17-6)14-8-11(3)16(19-7)13(5)12(14)4/h8,10,15,17-18H,9H2,1-7H3. The van der Waals surface area contributed by atoms with Gasteiger partial charge in [0.25, 0.3) is 0 Å². The second-order valence-electron chi connectivity index (χ2n) is 5.47. The Balaban J connectivity index is 3.11. The first kappa shape index (κ1) is 16.0. The van der Waals surface area contributed by atoms with E-state index in [2.05, 4.69) is 51.3 Å². The fourth-order valence-corrected chi connectivity index (χ4v) is 2.49. The first-order chi connectivity index (χ1) is 8.92. The molecule has 0 aromatic heterocycles. The van der Waals surface area contributed by atoms with E-state index in [1.807, 2.05) is 7.05 Å². The molecule has 1 unspecified atom stereocenters. The first-order valence-electron chi connectivity index (χ1n) is 6.97. The molecule has 0 aliphatic carbocycles. The zero-order chi connectivity index (χ0) is 14.6. The number of benzene rings is 1. The number of ether oxygens (including phenoxy) is 1. The lowest BCUT2D eigenvalue weighted by atomic mass is 9.93. The van der Waals surface area contributed by atoms with Crippen molar-refractivity contribution in [3.05, 3.63) is 28.3 Å². The maximum absolute atomic E-state index is 5.49. The Kier molecular flexibility index (Phi) is 5.83. The molecule has 3 heteroatoms. The summed E-state index contributed by atoms with van der Waals surface area (Å²) >= 11 is 0. The van der Waals surface area contributed by atoms with Gasteiger partial charge in [0.05, 0.1) is 7.11 Å². The van der Waals surface area contributed by atoms with E-state index in [9.17, 15) is 0 Å². The molecule has 1 aromatic carbocycles. The molecule has 1 atom stereocenters. The summed E-state index contributed by atoms with van der Waals surface area (Å²) in [6.45, 7) is 11.7. The quantitative estimate of drug-likeness (QED) is 0.829. The van der Waals surface area contributed by atoms with E-state index in [-0.39, 0.29) is 0 Å². The van der Waals surface area contributed by atoms with Gasteiger partial charge in [-0.05, 0) is 50.1 Å².